The fourth-order valence-corrected chi connectivity index (χ4v) is 3.84. The molecule has 1 atom stereocenters. The average Bonchev–Trinajstić information content (AvgIpc) is 3.28. The van der Waals surface area contributed by atoms with Gasteiger partial charge >= 0.3 is 0 Å². The second-order valence-corrected chi connectivity index (χ2v) is 8.15. The van der Waals surface area contributed by atoms with Gasteiger partial charge in [-0.1, -0.05) is 30.3 Å². The van der Waals surface area contributed by atoms with Gasteiger partial charge < -0.3 is 21.1 Å². The molecule has 0 fully saturated rings. The van der Waals surface area contributed by atoms with Gasteiger partial charge in [0.05, 0.1) is 5.52 Å². The molecule has 1 aromatic heterocycles. The highest BCUT2D eigenvalue weighted by atomic mass is 16.3. The van der Waals surface area contributed by atoms with Gasteiger partial charge in [0.2, 0.25) is 0 Å². The van der Waals surface area contributed by atoms with Crippen LogP contribution in [-0.4, -0.2) is 21.2 Å². The lowest BCUT2D eigenvalue weighted by Crippen LogP contribution is -2.37. The summed E-state index contributed by atoms with van der Waals surface area (Å²) < 4.78 is 0. The molecular formula is C26H21N5O4. The van der Waals surface area contributed by atoms with Crippen molar-refractivity contribution in [3.05, 3.63) is 104 Å². The first kappa shape index (κ1) is 21.9. The smallest absolute Gasteiger partial charge is 0.256 e. The molecule has 0 aliphatic rings. The summed E-state index contributed by atoms with van der Waals surface area (Å²) in [6, 6.07) is 20.4. The van der Waals surface area contributed by atoms with Crippen LogP contribution >= 0.6 is 0 Å². The number of aromatic amines is 1. The number of phenolic OH excluding ortho intramolecular Hbond substituents is 1. The Hall–Kier alpha value is -4.92. The zero-order valence-electron chi connectivity index (χ0n) is 18.6. The number of carbonyl (C=O) groups is 1. The van der Waals surface area contributed by atoms with Crippen LogP contribution in [0.25, 0.3) is 10.9 Å². The van der Waals surface area contributed by atoms with E-state index in [0.29, 0.717) is 28.0 Å². The summed E-state index contributed by atoms with van der Waals surface area (Å²) in [6.07, 6.45) is 0. The van der Waals surface area contributed by atoms with E-state index in [0.717, 1.165) is 5.56 Å². The number of aromatic hydroxyl groups is 1. The van der Waals surface area contributed by atoms with Gasteiger partial charge in [0, 0.05) is 22.7 Å². The number of fused-ring (bicyclic) bond motifs is 1. The van der Waals surface area contributed by atoms with Crippen molar-refractivity contribution in [3.63, 3.8) is 0 Å². The highest BCUT2D eigenvalue weighted by Crippen LogP contribution is 2.29. The Morgan fingerprint density at radius 2 is 1.71 bits per heavy atom. The summed E-state index contributed by atoms with van der Waals surface area (Å²) in [6.45, 7) is 1.83. The first-order valence-corrected chi connectivity index (χ1v) is 10.9. The minimum atomic E-state index is -0.625. The third-order valence-electron chi connectivity index (χ3n) is 5.74. The van der Waals surface area contributed by atoms with Crippen LogP contribution in [0.15, 0.2) is 82.4 Å². The number of nitrogens with one attached hydrogen (secondary N) is 4. The molecule has 35 heavy (non-hydrogen) atoms. The Balaban J connectivity index is 1.38. The van der Waals surface area contributed by atoms with Crippen molar-refractivity contribution < 1.29 is 9.90 Å². The molecule has 5 N–H and O–H groups in total. The van der Waals surface area contributed by atoms with Crippen molar-refractivity contribution in [2.24, 2.45) is 0 Å². The van der Waals surface area contributed by atoms with Crippen molar-refractivity contribution in [3.8, 4) is 5.75 Å². The number of benzene rings is 3. The summed E-state index contributed by atoms with van der Waals surface area (Å²) in [5.74, 6) is 0.161. The van der Waals surface area contributed by atoms with E-state index in [-0.39, 0.29) is 29.1 Å². The Morgan fingerprint density at radius 3 is 2.49 bits per heavy atom. The lowest BCUT2D eigenvalue weighted by Gasteiger charge is -2.20. The third-order valence-corrected chi connectivity index (χ3v) is 5.74. The maximum atomic E-state index is 12.5. The zero-order chi connectivity index (χ0) is 24.5. The summed E-state index contributed by atoms with van der Waals surface area (Å²) in [7, 11) is 0. The molecule has 0 radical (unpaired) electrons. The first-order valence-electron chi connectivity index (χ1n) is 10.9. The number of carbonyl (C=O) groups excluding carboxylic acids is 1. The van der Waals surface area contributed by atoms with Crippen LogP contribution in [0.2, 0.25) is 0 Å². The van der Waals surface area contributed by atoms with E-state index < -0.39 is 10.9 Å². The summed E-state index contributed by atoms with van der Waals surface area (Å²) in [5.41, 5.74) is 1.60. The van der Waals surface area contributed by atoms with Crippen LogP contribution in [0.1, 0.15) is 28.9 Å². The highest BCUT2D eigenvalue weighted by Gasteiger charge is 2.23. The van der Waals surface area contributed by atoms with Gasteiger partial charge in [-0.05, 0) is 55.0 Å². The predicted molar refractivity (Wildman–Crippen MR) is 135 cm³/mol. The van der Waals surface area contributed by atoms with Crippen LogP contribution in [0.5, 0.6) is 5.75 Å². The number of phenols is 1. The molecule has 0 saturated heterocycles. The number of hydrogen-bond acceptors (Lipinski definition) is 7. The van der Waals surface area contributed by atoms with Crippen molar-refractivity contribution in [1.82, 2.24) is 10.2 Å². The molecule has 1 heterocycles. The molecule has 0 unspecified atom stereocenters. The van der Waals surface area contributed by atoms with Gasteiger partial charge in [-0.2, -0.15) is 5.10 Å². The molecule has 174 valence electrons. The topological polar surface area (TPSA) is 136 Å². The number of aromatic nitrogens is 2. The molecule has 5 aromatic rings. The maximum absolute atomic E-state index is 12.5. The van der Waals surface area contributed by atoms with E-state index in [9.17, 15) is 19.5 Å². The Kier molecular flexibility index (Phi) is 5.50. The molecule has 4 aromatic carbocycles. The fourth-order valence-electron chi connectivity index (χ4n) is 3.84. The van der Waals surface area contributed by atoms with Crippen LogP contribution in [0.3, 0.4) is 0 Å². The third kappa shape index (κ3) is 4.22. The van der Waals surface area contributed by atoms with Crippen molar-refractivity contribution >= 4 is 39.7 Å². The second-order valence-electron chi connectivity index (χ2n) is 8.15. The average molecular weight is 467 g/mol. The van der Waals surface area contributed by atoms with E-state index >= 15 is 0 Å². The molecule has 9 heteroatoms. The van der Waals surface area contributed by atoms with E-state index in [4.69, 9.17) is 0 Å². The van der Waals surface area contributed by atoms with E-state index in [1.807, 2.05) is 19.1 Å². The Labute approximate surface area is 199 Å². The molecular weight excluding hydrogens is 446 g/mol. The largest absolute Gasteiger partial charge is 0.508 e. The number of hydrogen-bond donors (Lipinski definition) is 5. The number of H-pyrrole nitrogens is 1. The van der Waals surface area contributed by atoms with Gasteiger partial charge in [-0.3, -0.25) is 19.5 Å². The van der Waals surface area contributed by atoms with E-state index in [1.54, 1.807) is 60.7 Å². The van der Waals surface area contributed by atoms with Crippen LogP contribution in [-0.2, 0) is 0 Å². The normalized spacial score (nSPS) is 11.9. The molecule has 1 amide bonds. The number of rotatable bonds is 7. The SMILES string of the molecule is C[C@@H](Nc1c(Nc2ccc3[nH]nc(NC(=O)c4ccccc4)c3c2)c(=O)c1=O)c1cccc(O)c1. The van der Waals surface area contributed by atoms with E-state index in [1.165, 1.54) is 0 Å². The highest BCUT2D eigenvalue weighted by molar-refractivity contribution is 6.08. The zero-order valence-corrected chi connectivity index (χ0v) is 18.6. The molecule has 0 aliphatic carbocycles. The summed E-state index contributed by atoms with van der Waals surface area (Å²) in [5, 5.41) is 26.3. The molecule has 0 aliphatic heterocycles. The molecule has 0 saturated carbocycles. The number of anilines is 4. The number of nitrogens with zero attached hydrogens (tertiary/aromatic N) is 1. The fraction of sp³-hybridized carbons (Fsp3) is 0.0769. The van der Waals surface area contributed by atoms with Crippen LogP contribution in [0.4, 0.5) is 22.9 Å². The van der Waals surface area contributed by atoms with Gasteiger partial charge in [0.25, 0.3) is 16.8 Å². The van der Waals surface area contributed by atoms with Crippen molar-refractivity contribution in [2.75, 3.05) is 16.0 Å². The van der Waals surface area contributed by atoms with Crippen LogP contribution in [0, 0.1) is 0 Å². The van der Waals surface area contributed by atoms with E-state index in [2.05, 4.69) is 26.1 Å². The summed E-state index contributed by atoms with van der Waals surface area (Å²) in [4.78, 5) is 37.1. The standard InChI is InChI=1S/C26H21N5O4/c1-14(16-8-5-9-18(32)12-16)27-21-22(24(34)23(21)33)28-17-10-11-20-19(13-17)25(31-30-20)29-26(35)15-6-3-2-4-7-15/h2-14,27-28,32H,1H3,(H2,29,30,31,35)/t14-/m1/s1. The number of amides is 1. The Bertz CT molecular complexity index is 1620. The molecule has 9 nitrogen and oxygen atoms in total. The molecule has 0 spiro atoms. The first-order chi connectivity index (χ1) is 16.9. The van der Waals surface area contributed by atoms with Crippen molar-refractivity contribution in [2.45, 2.75) is 13.0 Å². The predicted octanol–water partition coefficient (Wildman–Crippen LogP) is 4.03. The minimum absolute atomic E-state index is 0.114. The monoisotopic (exact) mass is 467 g/mol. The van der Waals surface area contributed by atoms with Crippen molar-refractivity contribution in [1.29, 1.82) is 0 Å². The van der Waals surface area contributed by atoms with Crippen LogP contribution < -0.4 is 26.8 Å². The lowest BCUT2D eigenvalue weighted by molar-refractivity contribution is 0.102. The maximum Gasteiger partial charge on any atom is 0.256 e. The molecule has 5 rings (SSSR count). The molecule has 0 bridgehead atoms. The Morgan fingerprint density at radius 1 is 0.943 bits per heavy atom. The second kappa shape index (κ2) is 8.79. The van der Waals surface area contributed by atoms with Gasteiger partial charge in [0.1, 0.15) is 17.1 Å². The quantitative estimate of drug-likeness (QED) is 0.228. The minimum Gasteiger partial charge on any atom is -0.508 e. The summed E-state index contributed by atoms with van der Waals surface area (Å²) >= 11 is 0. The van der Waals surface area contributed by atoms with Gasteiger partial charge in [-0.15, -0.1) is 0 Å². The van der Waals surface area contributed by atoms with Gasteiger partial charge in [0.15, 0.2) is 5.82 Å². The lowest BCUT2D eigenvalue weighted by atomic mass is 10.1. The van der Waals surface area contributed by atoms with Gasteiger partial charge in [-0.25, -0.2) is 0 Å².